The molecule has 37 heavy (non-hydrogen) atoms. The van der Waals surface area contributed by atoms with Crippen LogP contribution in [0.5, 0.6) is 0 Å². The molecule has 0 aromatic heterocycles. The van der Waals surface area contributed by atoms with Crippen molar-refractivity contribution in [2.24, 2.45) is 0 Å². The molecular weight excluding hydrogens is 530 g/mol. The van der Waals surface area contributed by atoms with Gasteiger partial charge in [-0.05, 0) is 105 Å². The average Bonchev–Trinajstić information content (AvgIpc) is 2.85. The van der Waals surface area contributed by atoms with Crippen molar-refractivity contribution in [3.63, 3.8) is 0 Å². The highest BCUT2D eigenvalue weighted by molar-refractivity contribution is 6.63. The van der Waals surface area contributed by atoms with Crippen molar-refractivity contribution in [1.29, 1.82) is 0 Å². The van der Waals surface area contributed by atoms with Crippen LogP contribution in [0.4, 0.5) is 0 Å². The molecule has 0 aliphatic rings. The lowest BCUT2D eigenvalue weighted by molar-refractivity contribution is -0.111. The fourth-order valence-corrected chi connectivity index (χ4v) is 11.3. The van der Waals surface area contributed by atoms with E-state index in [0.29, 0.717) is 46.1 Å². The van der Waals surface area contributed by atoms with Crippen LogP contribution in [0, 0.1) is 0 Å². The van der Waals surface area contributed by atoms with Crippen molar-refractivity contribution in [2.45, 2.75) is 105 Å². The van der Waals surface area contributed by atoms with Gasteiger partial charge in [0.25, 0.3) is 0 Å². The van der Waals surface area contributed by atoms with Crippen LogP contribution in [0.1, 0.15) is 93.9 Å². The first-order chi connectivity index (χ1) is 17.8. The largest absolute Gasteiger partial charge is 0.504 e. The van der Waals surface area contributed by atoms with E-state index in [9.17, 15) is 4.79 Å². The Bertz CT molecular complexity index is 505. The van der Waals surface area contributed by atoms with E-state index in [4.69, 9.17) is 38.2 Å². The Kier molecular flexibility index (Phi) is 21.9. The van der Waals surface area contributed by atoms with Crippen LogP contribution in [0.25, 0.3) is 0 Å². The highest BCUT2D eigenvalue weighted by Gasteiger charge is 2.49. The lowest BCUT2D eigenvalue weighted by Crippen LogP contribution is -2.51. The Hall–Kier alpha value is 0.114. The maximum atomic E-state index is 11.4. The van der Waals surface area contributed by atoms with Gasteiger partial charge in [0.05, 0.1) is 0 Å². The molecule has 0 N–H and O–H groups in total. The highest BCUT2D eigenvalue weighted by atomic mass is 35.5. The number of carbonyl (C=O) groups is 1. The third kappa shape index (κ3) is 13.3. The summed E-state index contributed by atoms with van der Waals surface area (Å²) in [5, 5.41) is -0.288. The Morgan fingerprint density at radius 3 is 1.19 bits per heavy atom. The molecule has 0 amide bonds. The van der Waals surface area contributed by atoms with Gasteiger partial charge < -0.3 is 31.5 Å². The highest BCUT2D eigenvalue weighted by Crippen LogP contribution is 2.34. The van der Waals surface area contributed by atoms with Crippen LogP contribution in [-0.4, -0.2) is 87.0 Å². The summed E-state index contributed by atoms with van der Waals surface area (Å²) in [4.78, 5) is 13.8. The summed E-state index contributed by atoms with van der Waals surface area (Å²) in [6.45, 7) is 22.3. The quantitative estimate of drug-likeness (QED) is 0.0868. The second-order valence-electron chi connectivity index (χ2n) is 8.89. The SMILES string of the molecule is CCO[Si](OCC)(OCC)C(CC)CCN(CCCC(=O)Cl)CCC(CC)[Si](OCC)(OCC)OCC. The van der Waals surface area contributed by atoms with E-state index >= 15 is 0 Å². The molecular formula is C26H56ClNO7Si2. The third-order valence-corrected chi connectivity index (χ3v) is 14.2. The molecule has 11 heteroatoms. The van der Waals surface area contributed by atoms with Crippen molar-refractivity contribution < 1.29 is 31.4 Å². The van der Waals surface area contributed by atoms with E-state index in [-0.39, 0.29) is 16.3 Å². The van der Waals surface area contributed by atoms with Crippen molar-refractivity contribution in [3.05, 3.63) is 0 Å². The van der Waals surface area contributed by atoms with Gasteiger partial charge in [0, 0.05) is 57.1 Å². The number of hydrogen-bond acceptors (Lipinski definition) is 8. The molecule has 0 radical (unpaired) electrons. The zero-order valence-corrected chi connectivity index (χ0v) is 27.7. The molecule has 0 aromatic carbocycles. The van der Waals surface area contributed by atoms with Crippen LogP contribution < -0.4 is 0 Å². The first kappa shape index (κ1) is 37.1. The molecule has 0 aromatic rings. The lowest BCUT2D eigenvalue weighted by Gasteiger charge is -2.37. The van der Waals surface area contributed by atoms with Crippen LogP contribution in [-0.2, 0) is 31.4 Å². The number of carbonyl (C=O) groups excluding carboxylic acids is 1. The van der Waals surface area contributed by atoms with Gasteiger partial charge in [-0.25, -0.2) is 0 Å². The summed E-state index contributed by atoms with van der Waals surface area (Å²) in [7, 11) is -5.62. The van der Waals surface area contributed by atoms with Gasteiger partial charge >= 0.3 is 17.6 Å². The molecule has 2 unspecified atom stereocenters. The molecule has 0 rings (SSSR count). The van der Waals surface area contributed by atoms with Gasteiger partial charge in [-0.2, -0.15) is 0 Å². The van der Waals surface area contributed by atoms with Crippen molar-refractivity contribution in [3.8, 4) is 0 Å². The van der Waals surface area contributed by atoms with E-state index in [2.05, 4.69) is 18.7 Å². The summed E-state index contributed by atoms with van der Waals surface area (Å²) >= 11 is 5.64. The Labute approximate surface area is 234 Å². The second-order valence-corrected chi connectivity index (χ2v) is 15.1. The third-order valence-electron chi connectivity index (χ3n) is 6.49. The zero-order valence-electron chi connectivity index (χ0n) is 24.9. The van der Waals surface area contributed by atoms with Gasteiger partial charge in [-0.1, -0.05) is 13.8 Å². The topological polar surface area (TPSA) is 75.7 Å². The maximum absolute atomic E-state index is 11.4. The molecule has 0 bridgehead atoms. The van der Waals surface area contributed by atoms with Gasteiger partial charge in [0.2, 0.25) is 5.24 Å². The van der Waals surface area contributed by atoms with E-state index in [1.54, 1.807) is 0 Å². The molecule has 8 nitrogen and oxygen atoms in total. The summed E-state index contributed by atoms with van der Waals surface area (Å²) in [5.41, 5.74) is 0.408. The molecule has 0 saturated carbocycles. The summed E-state index contributed by atoms with van der Waals surface area (Å²) in [5.74, 6) is 0. The van der Waals surface area contributed by atoms with Crippen LogP contribution >= 0.6 is 11.6 Å². The predicted molar refractivity (Wildman–Crippen MR) is 155 cm³/mol. The van der Waals surface area contributed by atoms with Crippen molar-refractivity contribution >= 4 is 34.5 Å². The molecule has 2 atom stereocenters. The predicted octanol–water partition coefficient (Wildman–Crippen LogP) is 6.27. The summed E-state index contributed by atoms with van der Waals surface area (Å²) in [6.07, 6.45) is 4.75. The molecule has 0 spiro atoms. The second kappa shape index (κ2) is 21.9. The molecule has 0 saturated heterocycles. The number of rotatable bonds is 26. The van der Waals surface area contributed by atoms with Crippen LogP contribution in [0.15, 0.2) is 0 Å². The van der Waals surface area contributed by atoms with Crippen molar-refractivity contribution in [1.82, 2.24) is 4.90 Å². The maximum Gasteiger partial charge on any atom is 0.504 e. The summed E-state index contributed by atoms with van der Waals surface area (Å²) in [6, 6.07) is 0. The molecule has 222 valence electrons. The smallest absolute Gasteiger partial charge is 0.374 e. The first-order valence-electron chi connectivity index (χ1n) is 14.5. The average molecular weight is 586 g/mol. The lowest BCUT2D eigenvalue weighted by atomic mass is 10.2. The van der Waals surface area contributed by atoms with Gasteiger partial charge in [0.1, 0.15) is 0 Å². The first-order valence-corrected chi connectivity index (χ1v) is 18.5. The minimum Gasteiger partial charge on any atom is -0.374 e. The van der Waals surface area contributed by atoms with Gasteiger partial charge in [0.15, 0.2) is 0 Å². The van der Waals surface area contributed by atoms with Crippen LogP contribution in [0.2, 0.25) is 11.1 Å². The molecule has 0 aliphatic carbocycles. The summed E-state index contributed by atoms with van der Waals surface area (Å²) < 4.78 is 37.3. The van der Waals surface area contributed by atoms with E-state index in [0.717, 1.165) is 51.7 Å². The minimum absolute atomic E-state index is 0.204. The fourth-order valence-electron chi connectivity index (χ4n) is 4.88. The Morgan fingerprint density at radius 1 is 0.622 bits per heavy atom. The molecule has 0 aliphatic heterocycles. The monoisotopic (exact) mass is 585 g/mol. The normalized spacial score (nSPS) is 14.3. The van der Waals surface area contributed by atoms with E-state index < -0.39 is 17.6 Å². The standard InChI is InChI=1S/C26H56ClNO7Si2/c1-9-24(36(30-11-3,31-12-4)32-13-5)19-22-28(21-17-18-26(27)29)23-20-25(10-2)37(33-14-6,34-15-7)35-16-8/h24-25H,9-23H2,1-8H3. The van der Waals surface area contributed by atoms with Crippen LogP contribution in [0.3, 0.4) is 0 Å². The van der Waals surface area contributed by atoms with Gasteiger partial charge in [-0.15, -0.1) is 0 Å². The Balaban J connectivity index is 5.69. The minimum atomic E-state index is -2.81. The zero-order chi connectivity index (χ0) is 28.2. The fraction of sp³-hybridized carbons (Fsp3) is 0.962. The van der Waals surface area contributed by atoms with E-state index in [1.165, 1.54) is 0 Å². The van der Waals surface area contributed by atoms with Gasteiger partial charge in [-0.3, -0.25) is 4.79 Å². The number of hydrogen-bond donors (Lipinski definition) is 0. The van der Waals surface area contributed by atoms with Crippen molar-refractivity contribution in [2.75, 3.05) is 59.3 Å². The molecule has 0 heterocycles. The number of halogens is 1. The Morgan fingerprint density at radius 2 is 0.946 bits per heavy atom. The number of nitrogens with zero attached hydrogens (tertiary/aromatic N) is 1. The molecule has 0 fully saturated rings. The van der Waals surface area contributed by atoms with E-state index in [1.807, 2.05) is 41.5 Å².